The second kappa shape index (κ2) is 6.76. The first-order valence-corrected chi connectivity index (χ1v) is 5.84. The molecule has 0 aliphatic heterocycles. The van der Waals surface area contributed by atoms with Crippen LogP contribution in [0.5, 0.6) is 0 Å². The van der Waals surface area contributed by atoms with E-state index in [1.807, 2.05) is 6.07 Å². The van der Waals surface area contributed by atoms with Crippen molar-refractivity contribution in [1.29, 1.82) is 0 Å². The molecule has 18 heavy (non-hydrogen) atoms. The summed E-state index contributed by atoms with van der Waals surface area (Å²) in [5.74, 6) is -1.53. The third-order valence-corrected chi connectivity index (χ3v) is 2.65. The molecule has 1 rings (SSSR count). The summed E-state index contributed by atoms with van der Waals surface area (Å²) in [4.78, 5) is 24.3. The van der Waals surface area contributed by atoms with Gasteiger partial charge in [0, 0.05) is 11.6 Å². The SMILES string of the molecule is CC(CCN)C(=O)N(CC(=O)O)c1ccccc1. The summed E-state index contributed by atoms with van der Waals surface area (Å²) in [6.45, 7) is 1.83. The molecule has 5 nitrogen and oxygen atoms in total. The molecule has 5 heteroatoms. The molecule has 0 aliphatic carbocycles. The summed E-state index contributed by atoms with van der Waals surface area (Å²) in [7, 11) is 0. The molecular weight excluding hydrogens is 232 g/mol. The van der Waals surface area contributed by atoms with E-state index >= 15 is 0 Å². The minimum atomic E-state index is -1.04. The summed E-state index contributed by atoms with van der Waals surface area (Å²) in [5, 5.41) is 8.89. The third-order valence-electron chi connectivity index (χ3n) is 2.65. The van der Waals surface area contributed by atoms with Gasteiger partial charge in [0.1, 0.15) is 6.54 Å². The zero-order valence-corrected chi connectivity index (χ0v) is 10.4. The lowest BCUT2D eigenvalue weighted by Gasteiger charge is -2.24. The number of amides is 1. The van der Waals surface area contributed by atoms with Gasteiger partial charge in [-0.05, 0) is 25.1 Å². The molecule has 1 unspecified atom stereocenters. The number of benzene rings is 1. The smallest absolute Gasteiger partial charge is 0.323 e. The molecular formula is C13H18N2O3. The molecule has 1 aromatic rings. The monoisotopic (exact) mass is 250 g/mol. The first kappa shape index (κ1) is 14.2. The van der Waals surface area contributed by atoms with E-state index in [-0.39, 0.29) is 18.4 Å². The third kappa shape index (κ3) is 3.85. The molecule has 1 atom stereocenters. The number of carbonyl (C=O) groups excluding carboxylic acids is 1. The van der Waals surface area contributed by atoms with Gasteiger partial charge in [-0.1, -0.05) is 25.1 Å². The van der Waals surface area contributed by atoms with E-state index in [9.17, 15) is 9.59 Å². The van der Waals surface area contributed by atoms with Crippen molar-refractivity contribution in [2.24, 2.45) is 11.7 Å². The first-order valence-electron chi connectivity index (χ1n) is 5.84. The number of hydrogen-bond acceptors (Lipinski definition) is 3. The van der Waals surface area contributed by atoms with Crippen LogP contribution in [-0.2, 0) is 9.59 Å². The fourth-order valence-corrected chi connectivity index (χ4v) is 1.68. The molecule has 0 saturated heterocycles. The number of carboxylic acid groups (broad SMARTS) is 1. The van der Waals surface area contributed by atoms with Gasteiger partial charge in [0.2, 0.25) is 5.91 Å². The maximum Gasteiger partial charge on any atom is 0.323 e. The van der Waals surface area contributed by atoms with Crippen LogP contribution in [0.1, 0.15) is 13.3 Å². The van der Waals surface area contributed by atoms with Gasteiger partial charge in [-0.25, -0.2) is 0 Å². The Labute approximate surface area is 106 Å². The zero-order valence-electron chi connectivity index (χ0n) is 10.4. The summed E-state index contributed by atoms with van der Waals surface area (Å²) in [6.07, 6.45) is 0.543. The van der Waals surface area contributed by atoms with E-state index in [0.29, 0.717) is 18.7 Å². The molecule has 0 bridgehead atoms. The highest BCUT2D eigenvalue weighted by atomic mass is 16.4. The van der Waals surface area contributed by atoms with Crippen LogP contribution < -0.4 is 10.6 Å². The summed E-state index contributed by atoms with van der Waals surface area (Å²) in [6, 6.07) is 8.79. The largest absolute Gasteiger partial charge is 0.480 e. The Morgan fingerprint density at radius 1 is 1.33 bits per heavy atom. The number of nitrogens with zero attached hydrogens (tertiary/aromatic N) is 1. The van der Waals surface area contributed by atoms with Crippen LogP contribution in [0.3, 0.4) is 0 Å². The van der Waals surface area contributed by atoms with Crippen molar-refractivity contribution in [3.05, 3.63) is 30.3 Å². The Morgan fingerprint density at radius 3 is 2.44 bits per heavy atom. The number of aliphatic carboxylic acids is 1. The van der Waals surface area contributed by atoms with E-state index in [2.05, 4.69) is 0 Å². The Hall–Kier alpha value is -1.88. The van der Waals surface area contributed by atoms with E-state index in [1.165, 1.54) is 4.90 Å². The highest BCUT2D eigenvalue weighted by molar-refractivity contribution is 5.98. The van der Waals surface area contributed by atoms with Crippen LogP contribution in [-0.4, -0.2) is 30.1 Å². The molecule has 0 aromatic heterocycles. The molecule has 0 radical (unpaired) electrons. The van der Waals surface area contributed by atoms with E-state index in [4.69, 9.17) is 10.8 Å². The lowest BCUT2D eigenvalue weighted by atomic mass is 10.1. The number of carboxylic acids is 1. The quantitative estimate of drug-likeness (QED) is 0.791. The Morgan fingerprint density at radius 2 is 1.94 bits per heavy atom. The molecule has 0 spiro atoms. The van der Waals surface area contributed by atoms with Gasteiger partial charge in [0.15, 0.2) is 0 Å². The molecule has 0 aliphatic rings. The van der Waals surface area contributed by atoms with Gasteiger partial charge in [-0.3, -0.25) is 9.59 Å². The summed E-state index contributed by atoms with van der Waals surface area (Å²) in [5.41, 5.74) is 6.01. The molecule has 3 N–H and O–H groups in total. The van der Waals surface area contributed by atoms with Crippen molar-refractivity contribution >= 4 is 17.6 Å². The molecule has 0 saturated carbocycles. The molecule has 98 valence electrons. The average Bonchev–Trinajstić information content (AvgIpc) is 2.36. The summed E-state index contributed by atoms with van der Waals surface area (Å²) >= 11 is 0. The minimum absolute atomic E-state index is 0.214. The highest BCUT2D eigenvalue weighted by Crippen LogP contribution is 2.17. The number of para-hydroxylation sites is 1. The van der Waals surface area contributed by atoms with Crippen LogP contribution in [0.2, 0.25) is 0 Å². The first-order chi connectivity index (χ1) is 8.56. The maximum atomic E-state index is 12.2. The van der Waals surface area contributed by atoms with Crippen molar-refractivity contribution in [2.75, 3.05) is 18.0 Å². The van der Waals surface area contributed by atoms with Crippen molar-refractivity contribution in [3.8, 4) is 0 Å². The van der Waals surface area contributed by atoms with Crippen molar-refractivity contribution in [1.82, 2.24) is 0 Å². The fraction of sp³-hybridized carbons (Fsp3) is 0.385. The zero-order chi connectivity index (χ0) is 13.5. The number of nitrogens with two attached hydrogens (primary N) is 1. The van der Waals surface area contributed by atoms with Crippen molar-refractivity contribution < 1.29 is 14.7 Å². The van der Waals surface area contributed by atoms with Gasteiger partial charge in [-0.2, -0.15) is 0 Å². The van der Waals surface area contributed by atoms with Gasteiger partial charge in [0.05, 0.1) is 0 Å². The summed E-state index contributed by atoms with van der Waals surface area (Å²) < 4.78 is 0. The van der Waals surface area contributed by atoms with Crippen molar-refractivity contribution in [2.45, 2.75) is 13.3 Å². The van der Waals surface area contributed by atoms with Gasteiger partial charge in [-0.15, -0.1) is 0 Å². The van der Waals surface area contributed by atoms with Crippen LogP contribution in [0, 0.1) is 5.92 Å². The Balaban J connectivity index is 2.91. The lowest BCUT2D eigenvalue weighted by molar-refractivity contribution is -0.137. The maximum absolute atomic E-state index is 12.2. The molecule has 1 amide bonds. The van der Waals surface area contributed by atoms with Gasteiger partial charge < -0.3 is 15.7 Å². The van der Waals surface area contributed by atoms with Crippen LogP contribution in [0.15, 0.2) is 30.3 Å². The highest BCUT2D eigenvalue weighted by Gasteiger charge is 2.23. The van der Waals surface area contributed by atoms with E-state index in [0.717, 1.165) is 0 Å². The molecule has 1 aromatic carbocycles. The van der Waals surface area contributed by atoms with E-state index < -0.39 is 5.97 Å². The van der Waals surface area contributed by atoms with Gasteiger partial charge in [0.25, 0.3) is 0 Å². The molecule has 0 heterocycles. The Kier molecular flexibility index (Phi) is 5.32. The standard InChI is InChI=1S/C13H18N2O3/c1-10(7-8-14)13(18)15(9-12(16)17)11-5-3-2-4-6-11/h2-6,10H,7-9,14H2,1H3,(H,16,17). The predicted octanol–water partition coefficient (Wildman–Crippen LogP) is 1.09. The van der Waals surface area contributed by atoms with Crippen molar-refractivity contribution in [3.63, 3.8) is 0 Å². The second-order valence-electron chi connectivity index (χ2n) is 4.13. The number of hydrogen-bond donors (Lipinski definition) is 2. The average molecular weight is 250 g/mol. The van der Waals surface area contributed by atoms with Crippen LogP contribution in [0.25, 0.3) is 0 Å². The topological polar surface area (TPSA) is 83.6 Å². The normalized spacial score (nSPS) is 11.9. The predicted molar refractivity (Wildman–Crippen MR) is 69.3 cm³/mol. The van der Waals surface area contributed by atoms with Gasteiger partial charge >= 0.3 is 5.97 Å². The minimum Gasteiger partial charge on any atom is -0.480 e. The molecule has 0 fully saturated rings. The fourth-order valence-electron chi connectivity index (χ4n) is 1.68. The van der Waals surface area contributed by atoms with Crippen LogP contribution >= 0.6 is 0 Å². The Bertz CT molecular complexity index is 406. The number of carbonyl (C=O) groups is 2. The number of rotatable bonds is 6. The number of anilines is 1. The van der Waals surface area contributed by atoms with Crippen LogP contribution in [0.4, 0.5) is 5.69 Å². The van der Waals surface area contributed by atoms with E-state index in [1.54, 1.807) is 31.2 Å². The lowest BCUT2D eigenvalue weighted by Crippen LogP contribution is -2.39. The second-order valence-corrected chi connectivity index (χ2v) is 4.13.